The van der Waals surface area contributed by atoms with E-state index in [9.17, 15) is 0 Å². The molecule has 0 saturated carbocycles. The Morgan fingerprint density at radius 2 is 2.37 bits per heavy atom. The van der Waals surface area contributed by atoms with E-state index >= 15 is 0 Å². The molecule has 0 amide bonds. The molecule has 0 radical (unpaired) electrons. The normalized spacial score (nSPS) is 18.9. The number of aromatic nitrogens is 2. The van der Waals surface area contributed by atoms with Gasteiger partial charge in [0.25, 0.3) is 0 Å². The standard InChI is InChI=1S/C13H17N3OS2/c1-3-8-11(9-7-18-13(14-2)16-9)19-12(15-8)10-5-4-6-17-10/h7,10H,3-6H2,1-2H3,(H,14,16). The van der Waals surface area contributed by atoms with Gasteiger partial charge in [-0.25, -0.2) is 9.97 Å². The van der Waals surface area contributed by atoms with Crippen LogP contribution in [0, 0.1) is 0 Å². The van der Waals surface area contributed by atoms with Crippen molar-refractivity contribution in [3.63, 3.8) is 0 Å². The Morgan fingerprint density at radius 1 is 1.47 bits per heavy atom. The fourth-order valence-electron chi connectivity index (χ4n) is 2.21. The summed E-state index contributed by atoms with van der Waals surface area (Å²) in [6.45, 7) is 3.00. The molecule has 2 aromatic rings. The highest BCUT2D eigenvalue weighted by Gasteiger charge is 2.24. The molecule has 2 aromatic heterocycles. The Bertz CT molecular complexity index is 558. The lowest BCUT2D eigenvalue weighted by Crippen LogP contribution is -1.95. The summed E-state index contributed by atoms with van der Waals surface area (Å²) in [5.41, 5.74) is 2.18. The Balaban J connectivity index is 1.95. The number of ether oxygens (including phenoxy) is 1. The minimum absolute atomic E-state index is 0.200. The third kappa shape index (κ3) is 2.52. The smallest absolute Gasteiger partial charge is 0.182 e. The van der Waals surface area contributed by atoms with Crippen molar-refractivity contribution in [1.82, 2.24) is 9.97 Å². The molecule has 1 atom stereocenters. The first-order chi connectivity index (χ1) is 9.31. The van der Waals surface area contributed by atoms with Gasteiger partial charge in [0.05, 0.1) is 16.3 Å². The second-order valence-electron chi connectivity index (χ2n) is 4.47. The van der Waals surface area contributed by atoms with Crippen LogP contribution in [0.5, 0.6) is 0 Å². The number of nitrogens with zero attached hydrogens (tertiary/aromatic N) is 2. The summed E-state index contributed by atoms with van der Waals surface area (Å²) in [5, 5.41) is 7.24. The molecule has 1 fully saturated rings. The van der Waals surface area contributed by atoms with Gasteiger partial charge in [0.1, 0.15) is 11.1 Å². The van der Waals surface area contributed by atoms with Crippen LogP contribution in [-0.4, -0.2) is 23.6 Å². The number of thiazole rings is 2. The van der Waals surface area contributed by atoms with Gasteiger partial charge in [-0.3, -0.25) is 0 Å². The first-order valence-corrected chi connectivity index (χ1v) is 8.26. The van der Waals surface area contributed by atoms with E-state index in [2.05, 4.69) is 22.6 Å². The molecule has 0 aliphatic carbocycles. The number of hydrogen-bond acceptors (Lipinski definition) is 6. The van der Waals surface area contributed by atoms with Crippen molar-refractivity contribution in [3.8, 4) is 10.6 Å². The number of hydrogen-bond donors (Lipinski definition) is 1. The SMILES string of the molecule is CCc1nc(C2CCCO2)sc1-c1csc(NC)n1. The van der Waals surface area contributed by atoms with Gasteiger partial charge < -0.3 is 10.1 Å². The van der Waals surface area contributed by atoms with E-state index in [0.717, 1.165) is 47.4 Å². The summed E-state index contributed by atoms with van der Waals surface area (Å²) in [6.07, 6.45) is 3.37. The molecule has 102 valence electrons. The molecule has 0 aromatic carbocycles. The Labute approximate surface area is 120 Å². The van der Waals surface area contributed by atoms with Crippen molar-refractivity contribution in [1.29, 1.82) is 0 Å². The molecule has 0 bridgehead atoms. The third-order valence-corrected chi connectivity index (χ3v) is 5.28. The molecule has 1 aliphatic heterocycles. The molecule has 4 nitrogen and oxygen atoms in total. The van der Waals surface area contributed by atoms with E-state index < -0.39 is 0 Å². The van der Waals surface area contributed by atoms with E-state index in [1.807, 2.05) is 7.05 Å². The second kappa shape index (κ2) is 5.56. The van der Waals surface area contributed by atoms with Crippen LogP contribution in [0.4, 0.5) is 5.13 Å². The van der Waals surface area contributed by atoms with E-state index in [-0.39, 0.29) is 6.10 Å². The van der Waals surface area contributed by atoms with Gasteiger partial charge in [-0.05, 0) is 19.3 Å². The third-order valence-electron chi connectivity index (χ3n) is 3.20. The van der Waals surface area contributed by atoms with Crippen LogP contribution in [0.25, 0.3) is 10.6 Å². The number of rotatable bonds is 4. The summed E-state index contributed by atoms with van der Waals surface area (Å²) in [7, 11) is 1.90. The summed E-state index contributed by atoms with van der Waals surface area (Å²) in [6, 6.07) is 0. The van der Waals surface area contributed by atoms with Crippen LogP contribution in [0.1, 0.15) is 36.6 Å². The fourth-order valence-corrected chi connectivity index (χ4v) is 4.15. The minimum atomic E-state index is 0.200. The van der Waals surface area contributed by atoms with Crippen molar-refractivity contribution in [2.45, 2.75) is 32.3 Å². The predicted molar refractivity (Wildman–Crippen MR) is 80.1 cm³/mol. The monoisotopic (exact) mass is 295 g/mol. The second-order valence-corrected chi connectivity index (χ2v) is 6.36. The van der Waals surface area contributed by atoms with E-state index in [4.69, 9.17) is 9.72 Å². The zero-order valence-electron chi connectivity index (χ0n) is 11.1. The lowest BCUT2D eigenvalue weighted by atomic mass is 10.2. The highest BCUT2D eigenvalue weighted by Crippen LogP contribution is 2.38. The van der Waals surface area contributed by atoms with Crippen LogP contribution in [0.3, 0.4) is 0 Å². The van der Waals surface area contributed by atoms with Crippen molar-refractivity contribution < 1.29 is 4.74 Å². The highest BCUT2D eigenvalue weighted by atomic mass is 32.1. The number of anilines is 1. The predicted octanol–water partition coefficient (Wildman–Crippen LogP) is 3.72. The molecule has 1 unspecified atom stereocenters. The van der Waals surface area contributed by atoms with E-state index in [0.29, 0.717) is 0 Å². The largest absolute Gasteiger partial charge is 0.371 e. The van der Waals surface area contributed by atoms with Gasteiger partial charge in [-0.2, -0.15) is 0 Å². The van der Waals surface area contributed by atoms with Gasteiger partial charge in [-0.1, -0.05) is 6.92 Å². The zero-order chi connectivity index (χ0) is 13.2. The topological polar surface area (TPSA) is 47.0 Å². The van der Waals surface area contributed by atoms with Crippen molar-refractivity contribution >= 4 is 27.8 Å². The van der Waals surface area contributed by atoms with Crippen LogP contribution in [-0.2, 0) is 11.2 Å². The van der Waals surface area contributed by atoms with Crippen LogP contribution < -0.4 is 5.32 Å². The average molecular weight is 295 g/mol. The molecular formula is C13H17N3OS2. The van der Waals surface area contributed by atoms with Crippen molar-refractivity contribution in [2.75, 3.05) is 19.0 Å². The molecule has 6 heteroatoms. The van der Waals surface area contributed by atoms with Crippen molar-refractivity contribution in [2.24, 2.45) is 0 Å². The molecule has 19 heavy (non-hydrogen) atoms. The molecule has 1 saturated heterocycles. The maximum absolute atomic E-state index is 5.73. The Hall–Kier alpha value is -0.980. The number of aryl methyl sites for hydroxylation is 1. The van der Waals surface area contributed by atoms with Gasteiger partial charge in [0, 0.05) is 19.0 Å². The van der Waals surface area contributed by atoms with Crippen molar-refractivity contribution in [3.05, 3.63) is 16.1 Å². The lowest BCUT2D eigenvalue weighted by molar-refractivity contribution is 0.111. The molecule has 1 aliphatic rings. The van der Waals surface area contributed by atoms with E-state index in [1.54, 1.807) is 22.7 Å². The highest BCUT2D eigenvalue weighted by molar-refractivity contribution is 7.16. The molecular weight excluding hydrogens is 278 g/mol. The average Bonchev–Trinajstić information content (AvgIpc) is 3.16. The molecule has 0 spiro atoms. The van der Waals surface area contributed by atoms with Gasteiger partial charge >= 0.3 is 0 Å². The Kier molecular flexibility index (Phi) is 3.81. The first kappa shape index (κ1) is 13.0. The summed E-state index contributed by atoms with van der Waals surface area (Å²) in [4.78, 5) is 10.5. The maximum atomic E-state index is 5.73. The molecule has 3 rings (SSSR count). The van der Waals surface area contributed by atoms with Crippen LogP contribution in [0.2, 0.25) is 0 Å². The molecule has 3 heterocycles. The van der Waals surface area contributed by atoms with Crippen LogP contribution >= 0.6 is 22.7 Å². The van der Waals surface area contributed by atoms with Gasteiger partial charge in [-0.15, -0.1) is 22.7 Å². The summed E-state index contributed by atoms with van der Waals surface area (Å²) in [5.74, 6) is 0. The van der Waals surface area contributed by atoms with Gasteiger partial charge in [0.2, 0.25) is 0 Å². The summed E-state index contributed by atoms with van der Waals surface area (Å²) >= 11 is 3.37. The quantitative estimate of drug-likeness (QED) is 0.934. The fraction of sp³-hybridized carbons (Fsp3) is 0.538. The van der Waals surface area contributed by atoms with E-state index in [1.165, 1.54) is 4.88 Å². The summed E-state index contributed by atoms with van der Waals surface area (Å²) < 4.78 is 5.73. The first-order valence-electron chi connectivity index (χ1n) is 6.56. The maximum Gasteiger partial charge on any atom is 0.182 e. The Morgan fingerprint density at radius 3 is 3.00 bits per heavy atom. The molecule has 1 N–H and O–H groups in total. The van der Waals surface area contributed by atoms with Crippen LogP contribution in [0.15, 0.2) is 5.38 Å². The zero-order valence-corrected chi connectivity index (χ0v) is 12.7. The van der Waals surface area contributed by atoms with Gasteiger partial charge in [0.15, 0.2) is 5.13 Å². The minimum Gasteiger partial charge on any atom is -0.371 e. The lowest BCUT2D eigenvalue weighted by Gasteiger charge is -2.03. The number of nitrogens with one attached hydrogen (secondary N) is 1.